The molecule has 0 amide bonds. The summed E-state index contributed by atoms with van der Waals surface area (Å²) in [6, 6.07) is 0. The third-order valence-corrected chi connectivity index (χ3v) is 3.08. The quantitative estimate of drug-likeness (QED) is 0.559. The summed E-state index contributed by atoms with van der Waals surface area (Å²) in [6.45, 7) is 3.01. The van der Waals surface area contributed by atoms with Gasteiger partial charge in [-0.3, -0.25) is 0 Å². The van der Waals surface area contributed by atoms with Gasteiger partial charge in [0.05, 0.1) is 0 Å². The van der Waals surface area contributed by atoms with Gasteiger partial charge in [0.1, 0.15) is 0 Å². The van der Waals surface area contributed by atoms with Gasteiger partial charge in [-0.05, 0) is 13.0 Å². The highest BCUT2D eigenvalue weighted by molar-refractivity contribution is 7.99. The first-order valence-corrected chi connectivity index (χ1v) is 5.94. The Balaban J connectivity index is 2.42. The Bertz CT molecular complexity index is 279. The van der Waals surface area contributed by atoms with Crippen molar-refractivity contribution >= 4 is 11.8 Å². The lowest BCUT2D eigenvalue weighted by molar-refractivity contribution is 0.250. The second-order valence-corrected chi connectivity index (χ2v) is 4.49. The maximum Gasteiger partial charge on any atom is 0.187 e. The van der Waals surface area contributed by atoms with E-state index in [9.17, 15) is 0 Å². The molecule has 0 saturated heterocycles. The Morgan fingerprint density at radius 2 is 2.13 bits per heavy atom. The zero-order valence-electron chi connectivity index (χ0n) is 9.10. The molecule has 0 saturated carbocycles. The van der Waals surface area contributed by atoms with Gasteiger partial charge in [0.2, 0.25) is 0 Å². The van der Waals surface area contributed by atoms with E-state index < -0.39 is 0 Å². The summed E-state index contributed by atoms with van der Waals surface area (Å²) in [6.07, 6.45) is 3.66. The molecule has 1 rings (SSSR count). The number of thioether (sulfide) groups is 1. The number of hydrogen-bond acceptors (Lipinski definition) is 5. The van der Waals surface area contributed by atoms with E-state index in [-0.39, 0.29) is 12.5 Å². The van der Waals surface area contributed by atoms with Gasteiger partial charge >= 0.3 is 0 Å². The van der Waals surface area contributed by atoms with Gasteiger partial charge in [-0.15, -0.1) is 0 Å². The lowest BCUT2D eigenvalue weighted by Gasteiger charge is -2.06. The zero-order valence-corrected chi connectivity index (χ0v) is 9.92. The molecule has 0 aliphatic rings. The van der Waals surface area contributed by atoms with Crippen molar-refractivity contribution in [1.29, 1.82) is 0 Å². The normalized spacial score (nSPS) is 12.7. The number of hydrogen-bond donors (Lipinski definition) is 2. The van der Waals surface area contributed by atoms with Crippen LogP contribution in [-0.2, 0) is 6.54 Å². The number of nitrogens with one attached hydrogen (secondary N) is 1. The topological polar surface area (TPSA) is 58.0 Å². The molecule has 0 fully saturated rings. The fourth-order valence-corrected chi connectivity index (χ4v) is 1.78. The third kappa shape index (κ3) is 4.59. The van der Waals surface area contributed by atoms with E-state index >= 15 is 0 Å². The molecule has 2 N–H and O–H groups in total. The molecule has 1 heterocycles. The molecule has 4 nitrogen and oxygen atoms in total. The molecule has 5 heteroatoms. The second kappa shape index (κ2) is 6.76. The van der Waals surface area contributed by atoms with E-state index in [0.717, 1.165) is 23.0 Å². The predicted molar refractivity (Wildman–Crippen MR) is 61.8 cm³/mol. The number of aliphatic hydroxyl groups excluding tert-OH is 1. The fourth-order valence-electron chi connectivity index (χ4n) is 0.982. The van der Waals surface area contributed by atoms with Crippen LogP contribution in [0.25, 0.3) is 0 Å². The van der Waals surface area contributed by atoms with E-state index in [4.69, 9.17) is 5.11 Å². The highest BCUT2D eigenvalue weighted by Gasteiger charge is 2.03. The SMILES string of the molecule is CNCc1cnc(SCC(C)CO)nc1. The largest absolute Gasteiger partial charge is 0.396 e. The van der Waals surface area contributed by atoms with Crippen molar-refractivity contribution in [2.45, 2.75) is 18.6 Å². The third-order valence-electron chi connectivity index (χ3n) is 1.87. The Hall–Kier alpha value is -0.650. The molecule has 0 spiro atoms. The maximum atomic E-state index is 8.86. The van der Waals surface area contributed by atoms with E-state index in [1.165, 1.54) is 0 Å². The minimum absolute atomic E-state index is 0.213. The number of nitrogens with zero attached hydrogens (tertiary/aromatic N) is 2. The van der Waals surface area contributed by atoms with E-state index in [2.05, 4.69) is 15.3 Å². The lowest BCUT2D eigenvalue weighted by atomic mass is 10.2. The number of rotatable bonds is 6. The van der Waals surface area contributed by atoms with Crippen molar-refractivity contribution in [3.63, 3.8) is 0 Å². The van der Waals surface area contributed by atoms with Crippen molar-refractivity contribution in [1.82, 2.24) is 15.3 Å². The molecule has 1 aromatic rings. The van der Waals surface area contributed by atoms with Crippen LogP contribution in [0.4, 0.5) is 0 Å². The summed E-state index contributed by atoms with van der Waals surface area (Å²) < 4.78 is 0. The van der Waals surface area contributed by atoms with Crippen LogP contribution in [0.1, 0.15) is 12.5 Å². The minimum atomic E-state index is 0.213. The number of aromatic nitrogens is 2. The van der Waals surface area contributed by atoms with Crippen LogP contribution in [0, 0.1) is 5.92 Å². The van der Waals surface area contributed by atoms with E-state index in [0.29, 0.717) is 0 Å². The van der Waals surface area contributed by atoms with Crippen molar-refractivity contribution in [2.24, 2.45) is 5.92 Å². The number of aliphatic hydroxyl groups is 1. The molecule has 84 valence electrons. The Morgan fingerprint density at radius 1 is 1.47 bits per heavy atom. The first-order chi connectivity index (χ1) is 7.26. The summed E-state index contributed by atoms with van der Waals surface area (Å²) in [4.78, 5) is 8.47. The lowest BCUT2D eigenvalue weighted by Crippen LogP contribution is -2.07. The molecule has 0 aliphatic carbocycles. The van der Waals surface area contributed by atoms with Gasteiger partial charge in [-0.1, -0.05) is 18.7 Å². The average molecular weight is 227 g/mol. The molecular weight excluding hydrogens is 210 g/mol. The van der Waals surface area contributed by atoms with Crippen molar-refractivity contribution < 1.29 is 5.11 Å². The Labute approximate surface area is 94.5 Å². The van der Waals surface area contributed by atoms with E-state index in [1.54, 1.807) is 11.8 Å². The molecule has 15 heavy (non-hydrogen) atoms. The highest BCUT2D eigenvalue weighted by atomic mass is 32.2. The van der Waals surface area contributed by atoms with Gasteiger partial charge in [0.25, 0.3) is 0 Å². The molecule has 0 aromatic carbocycles. The molecule has 0 aliphatic heterocycles. The van der Waals surface area contributed by atoms with Crippen molar-refractivity contribution in [3.05, 3.63) is 18.0 Å². The molecular formula is C10H17N3OS. The molecule has 1 atom stereocenters. The minimum Gasteiger partial charge on any atom is -0.396 e. The molecule has 0 radical (unpaired) electrons. The van der Waals surface area contributed by atoms with Gasteiger partial charge < -0.3 is 10.4 Å². The smallest absolute Gasteiger partial charge is 0.187 e. The Morgan fingerprint density at radius 3 is 2.67 bits per heavy atom. The van der Waals surface area contributed by atoms with Gasteiger partial charge in [0.15, 0.2) is 5.16 Å². The van der Waals surface area contributed by atoms with Crippen LogP contribution < -0.4 is 5.32 Å². The predicted octanol–water partition coefficient (Wildman–Crippen LogP) is 0.917. The zero-order chi connectivity index (χ0) is 11.1. The standard InChI is InChI=1S/C10H17N3OS/c1-8(6-14)7-15-10-12-4-9(3-11-2)5-13-10/h4-5,8,11,14H,3,6-7H2,1-2H3. The summed E-state index contributed by atoms with van der Waals surface area (Å²) in [5.74, 6) is 1.14. The molecule has 1 aromatic heterocycles. The van der Waals surface area contributed by atoms with Gasteiger partial charge in [-0.2, -0.15) is 0 Å². The van der Waals surface area contributed by atoms with E-state index in [1.807, 2.05) is 26.4 Å². The monoisotopic (exact) mass is 227 g/mol. The van der Waals surface area contributed by atoms with Crippen LogP contribution in [0.3, 0.4) is 0 Å². The van der Waals surface area contributed by atoms with Crippen LogP contribution >= 0.6 is 11.8 Å². The summed E-state index contributed by atoms with van der Waals surface area (Å²) in [7, 11) is 1.89. The highest BCUT2D eigenvalue weighted by Crippen LogP contribution is 2.15. The first kappa shape index (κ1) is 12.4. The average Bonchev–Trinajstić information content (AvgIpc) is 2.28. The van der Waals surface area contributed by atoms with Crippen molar-refractivity contribution in [3.8, 4) is 0 Å². The van der Waals surface area contributed by atoms with Gasteiger partial charge in [0, 0.05) is 36.9 Å². The molecule has 0 bridgehead atoms. The van der Waals surface area contributed by atoms with Crippen LogP contribution in [0.15, 0.2) is 17.6 Å². The summed E-state index contributed by atoms with van der Waals surface area (Å²) in [5.41, 5.74) is 1.08. The van der Waals surface area contributed by atoms with Crippen LogP contribution in [-0.4, -0.2) is 34.5 Å². The van der Waals surface area contributed by atoms with Gasteiger partial charge in [-0.25, -0.2) is 9.97 Å². The summed E-state index contributed by atoms with van der Waals surface area (Å²) in [5, 5.41) is 12.7. The fraction of sp³-hybridized carbons (Fsp3) is 0.600. The van der Waals surface area contributed by atoms with Crippen LogP contribution in [0.2, 0.25) is 0 Å². The van der Waals surface area contributed by atoms with Crippen molar-refractivity contribution in [2.75, 3.05) is 19.4 Å². The molecule has 1 unspecified atom stereocenters. The second-order valence-electron chi connectivity index (χ2n) is 3.50. The summed E-state index contributed by atoms with van der Waals surface area (Å²) >= 11 is 1.58. The maximum absolute atomic E-state index is 8.86. The Kier molecular flexibility index (Phi) is 5.60. The van der Waals surface area contributed by atoms with Crippen LogP contribution in [0.5, 0.6) is 0 Å². The first-order valence-electron chi connectivity index (χ1n) is 4.95.